The number of carbonyl (C=O) groups excluding carboxylic acids is 1. The fourth-order valence-electron chi connectivity index (χ4n) is 2.14. The van der Waals surface area contributed by atoms with Crippen molar-refractivity contribution in [3.63, 3.8) is 0 Å². The maximum Gasteiger partial charge on any atom is 0.261 e. The molecule has 0 bridgehead atoms. The number of ether oxygens (including phenoxy) is 1. The topological polar surface area (TPSA) is 42.4 Å². The third-order valence-electron chi connectivity index (χ3n) is 3.15. The molecule has 0 saturated carbocycles. The minimum absolute atomic E-state index is 0.0637. The van der Waals surface area contributed by atoms with Crippen molar-refractivity contribution in [3.8, 4) is 0 Å². The van der Waals surface area contributed by atoms with E-state index in [2.05, 4.69) is 4.98 Å². The van der Waals surface area contributed by atoms with Crippen molar-refractivity contribution in [1.82, 2.24) is 4.98 Å². The van der Waals surface area contributed by atoms with Crippen molar-refractivity contribution in [1.29, 1.82) is 0 Å². The largest absolute Gasteiger partial charge is 0.356 e. The number of aromatic nitrogens is 1. The van der Waals surface area contributed by atoms with Crippen molar-refractivity contribution in [3.05, 3.63) is 59.3 Å². The van der Waals surface area contributed by atoms with E-state index >= 15 is 0 Å². The summed E-state index contributed by atoms with van der Waals surface area (Å²) in [6.07, 6.45) is 1.70. The summed E-state index contributed by atoms with van der Waals surface area (Å²) >= 11 is 0. The van der Waals surface area contributed by atoms with Crippen molar-refractivity contribution in [2.24, 2.45) is 0 Å². The Labute approximate surface area is 111 Å². The summed E-state index contributed by atoms with van der Waals surface area (Å²) < 4.78 is 5.56. The van der Waals surface area contributed by atoms with Crippen LogP contribution in [0.4, 0.5) is 5.82 Å². The van der Waals surface area contributed by atoms with Gasteiger partial charge in [0.1, 0.15) is 12.5 Å². The van der Waals surface area contributed by atoms with Crippen molar-refractivity contribution >= 4 is 11.7 Å². The number of fused-ring (bicyclic) bond motifs is 1. The second kappa shape index (κ2) is 4.82. The first-order valence-electron chi connectivity index (χ1n) is 6.16. The standard InChI is InChI=1S/C15H14N2O2/c1-11-6-7-16-14(8-11)17-10-19-9-12-4-2-3-5-13(12)15(17)18/h2-8H,9-10H2,1H3. The molecule has 0 radical (unpaired) electrons. The summed E-state index contributed by atoms with van der Waals surface area (Å²) in [5, 5.41) is 0. The minimum atomic E-state index is -0.0637. The molecular weight excluding hydrogens is 240 g/mol. The molecule has 4 heteroatoms. The number of rotatable bonds is 1. The number of carbonyl (C=O) groups is 1. The highest BCUT2D eigenvalue weighted by Gasteiger charge is 2.24. The number of benzene rings is 1. The number of amides is 1. The van der Waals surface area contributed by atoms with E-state index in [0.29, 0.717) is 18.0 Å². The van der Waals surface area contributed by atoms with Crippen molar-refractivity contribution in [2.45, 2.75) is 13.5 Å². The maximum absolute atomic E-state index is 12.6. The first-order chi connectivity index (χ1) is 9.25. The van der Waals surface area contributed by atoms with Crippen LogP contribution in [0.3, 0.4) is 0 Å². The van der Waals surface area contributed by atoms with Crippen LogP contribution in [0.25, 0.3) is 0 Å². The van der Waals surface area contributed by atoms with E-state index < -0.39 is 0 Å². The summed E-state index contributed by atoms with van der Waals surface area (Å²) in [5.74, 6) is 0.563. The molecule has 1 aliphatic rings. The quantitative estimate of drug-likeness (QED) is 0.785. The highest BCUT2D eigenvalue weighted by Crippen LogP contribution is 2.21. The van der Waals surface area contributed by atoms with Gasteiger partial charge in [0.25, 0.3) is 5.91 Å². The van der Waals surface area contributed by atoms with E-state index in [1.807, 2.05) is 43.3 Å². The third kappa shape index (κ3) is 2.22. The zero-order chi connectivity index (χ0) is 13.2. The number of hydrogen-bond acceptors (Lipinski definition) is 3. The summed E-state index contributed by atoms with van der Waals surface area (Å²) in [5.41, 5.74) is 2.67. The zero-order valence-electron chi connectivity index (χ0n) is 10.7. The summed E-state index contributed by atoms with van der Waals surface area (Å²) in [7, 11) is 0. The Kier molecular flexibility index (Phi) is 3.01. The lowest BCUT2D eigenvalue weighted by atomic mass is 10.1. The van der Waals surface area contributed by atoms with Crippen LogP contribution in [0.5, 0.6) is 0 Å². The lowest BCUT2D eigenvalue weighted by Crippen LogP contribution is -2.32. The fourth-order valence-corrected chi connectivity index (χ4v) is 2.14. The molecule has 0 atom stereocenters. The first kappa shape index (κ1) is 11.9. The Bertz CT molecular complexity index is 625. The fraction of sp³-hybridized carbons (Fsp3) is 0.200. The molecule has 0 saturated heterocycles. The average molecular weight is 254 g/mol. The van der Waals surface area contributed by atoms with Crippen LogP contribution in [0, 0.1) is 6.92 Å². The number of pyridine rings is 1. The van der Waals surface area contributed by atoms with Crippen LogP contribution >= 0.6 is 0 Å². The van der Waals surface area contributed by atoms with Crippen LogP contribution in [0.1, 0.15) is 21.5 Å². The van der Waals surface area contributed by atoms with Gasteiger partial charge in [-0.25, -0.2) is 4.98 Å². The molecule has 1 aromatic carbocycles. The molecular formula is C15H14N2O2. The second-order valence-electron chi connectivity index (χ2n) is 4.56. The van der Waals surface area contributed by atoms with Gasteiger partial charge in [0, 0.05) is 11.8 Å². The highest BCUT2D eigenvalue weighted by atomic mass is 16.5. The van der Waals surface area contributed by atoms with Crippen LogP contribution in [0.15, 0.2) is 42.6 Å². The Hall–Kier alpha value is -2.20. The van der Waals surface area contributed by atoms with Gasteiger partial charge in [0.15, 0.2) is 0 Å². The predicted octanol–water partition coefficient (Wildman–Crippen LogP) is 2.52. The van der Waals surface area contributed by atoms with Crippen molar-refractivity contribution in [2.75, 3.05) is 11.6 Å². The van der Waals surface area contributed by atoms with Gasteiger partial charge in [-0.1, -0.05) is 18.2 Å². The Balaban J connectivity index is 2.03. The molecule has 4 nitrogen and oxygen atoms in total. The molecule has 1 aliphatic heterocycles. The van der Waals surface area contributed by atoms with E-state index in [1.54, 1.807) is 11.1 Å². The van der Waals surface area contributed by atoms with Crippen LogP contribution in [-0.2, 0) is 11.3 Å². The first-order valence-corrected chi connectivity index (χ1v) is 6.16. The zero-order valence-corrected chi connectivity index (χ0v) is 10.7. The van der Waals surface area contributed by atoms with E-state index in [-0.39, 0.29) is 12.6 Å². The molecule has 96 valence electrons. The van der Waals surface area contributed by atoms with Gasteiger partial charge in [0.2, 0.25) is 0 Å². The van der Waals surface area contributed by atoms with Gasteiger partial charge >= 0.3 is 0 Å². The van der Waals surface area contributed by atoms with Gasteiger partial charge in [0.05, 0.1) is 6.61 Å². The lowest BCUT2D eigenvalue weighted by molar-refractivity contribution is 0.0903. The third-order valence-corrected chi connectivity index (χ3v) is 3.15. The predicted molar refractivity (Wildman–Crippen MR) is 71.9 cm³/mol. The molecule has 0 N–H and O–H groups in total. The number of aryl methyl sites for hydroxylation is 1. The van der Waals surface area contributed by atoms with Gasteiger partial charge in [-0.15, -0.1) is 0 Å². The second-order valence-corrected chi connectivity index (χ2v) is 4.56. The minimum Gasteiger partial charge on any atom is -0.356 e. The molecule has 2 heterocycles. The summed E-state index contributed by atoms with van der Waals surface area (Å²) in [4.78, 5) is 18.4. The van der Waals surface area contributed by atoms with E-state index in [9.17, 15) is 4.79 Å². The maximum atomic E-state index is 12.6. The monoisotopic (exact) mass is 254 g/mol. The Morgan fingerprint density at radius 1 is 1.26 bits per heavy atom. The number of nitrogens with zero attached hydrogens (tertiary/aromatic N) is 2. The van der Waals surface area contributed by atoms with Crippen molar-refractivity contribution < 1.29 is 9.53 Å². The molecule has 3 rings (SSSR count). The highest BCUT2D eigenvalue weighted by molar-refractivity contribution is 6.06. The molecule has 2 aromatic rings. The van der Waals surface area contributed by atoms with Crippen LogP contribution in [-0.4, -0.2) is 17.6 Å². The molecule has 0 fully saturated rings. The summed E-state index contributed by atoms with van der Waals surface area (Å²) in [6, 6.07) is 11.3. The van der Waals surface area contributed by atoms with Crippen LogP contribution in [0.2, 0.25) is 0 Å². The normalized spacial score (nSPS) is 15.0. The van der Waals surface area contributed by atoms with Gasteiger partial charge in [-0.3, -0.25) is 9.69 Å². The van der Waals surface area contributed by atoms with Crippen LogP contribution < -0.4 is 4.90 Å². The van der Waals surface area contributed by atoms with E-state index in [1.165, 1.54) is 0 Å². The number of anilines is 1. The molecule has 0 spiro atoms. The van der Waals surface area contributed by atoms with E-state index in [4.69, 9.17) is 4.74 Å². The van der Waals surface area contributed by atoms with Gasteiger partial charge < -0.3 is 4.74 Å². The Morgan fingerprint density at radius 3 is 2.95 bits per heavy atom. The molecule has 19 heavy (non-hydrogen) atoms. The average Bonchev–Trinajstić information content (AvgIpc) is 2.59. The van der Waals surface area contributed by atoms with Gasteiger partial charge in [-0.2, -0.15) is 0 Å². The molecule has 1 aromatic heterocycles. The SMILES string of the molecule is Cc1ccnc(N2COCc3ccccc3C2=O)c1. The van der Waals surface area contributed by atoms with Gasteiger partial charge in [-0.05, 0) is 36.2 Å². The van der Waals surface area contributed by atoms with E-state index in [0.717, 1.165) is 11.1 Å². The Morgan fingerprint density at radius 2 is 2.11 bits per heavy atom. The molecule has 0 unspecified atom stereocenters. The number of hydrogen-bond donors (Lipinski definition) is 0. The summed E-state index contributed by atoms with van der Waals surface area (Å²) in [6.45, 7) is 2.65. The molecule has 0 aliphatic carbocycles. The lowest BCUT2D eigenvalue weighted by Gasteiger charge is -2.19. The molecule has 1 amide bonds. The smallest absolute Gasteiger partial charge is 0.261 e.